The van der Waals surface area contributed by atoms with E-state index in [9.17, 15) is 13.2 Å². The molecule has 2 aromatic rings. The van der Waals surface area contributed by atoms with Gasteiger partial charge in [0.05, 0.1) is 4.90 Å². The number of carbonyl (C=O) groups excluding carboxylic acids is 1. The molecule has 2 amide bonds. The molecule has 1 heterocycles. The lowest BCUT2D eigenvalue weighted by molar-refractivity contribution is 0.204. The number of carbonyl (C=O) groups is 1. The van der Waals surface area contributed by atoms with Gasteiger partial charge in [0.15, 0.2) is 0 Å². The normalized spacial score (nSPS) is 20.2. The summed E-state index contributed by atoms with van der Waals surface area (Å²) in [7, 11) is -3.56. The first-order valence-corrected chi connectivity index (χ1v) is 11.6. The van der Waals surface area contributed by atoms with Gasteiger partial charge in [0.1, 0.15) is 0 Å². The van der Waals surface area contributed by atoms with Gasteiger partial charge in [0.2, 0.25) is 10.0 Å². The predicted octanol–water partition coefficient (Wildman–Crippen LogP) is 4.84. The summed E-state index contributed by atoms with van der Waals surface area (Å²) >= 11 is 0. The summed E-state index contributed by atoms with van der Waals surface area (Å²) in [5, 5.41) is 5.60. The van der Waals surface area contributed by atoms with Gasteiger partial charge < -0.3 is 10.6 Å². The molecule has 0 bridgehead atoms. The van der Waals surface area contributed by atoms with Gasteiger partial charge in [-0.05, 0) is 69.0 Å². The largest absolute Gasteiger partial charge is 0.323 e. The zero-order chi connectivity index (χ0) is 21.0. The van der Waals surface area contributed by atoms with Crippen molar-refractivity contribution in [2.45, 2.75) is 63.4 Å². The molecule has 6 nitrogen and oxygen atoms in total. The van der Waals surface area contributed by atoms with Gasteiger partial charge in [0.25, 0.3) is 0 Å². The molecule has 2 N–H and O–H groups in total. The molecule has 3 rings (SSSR count). The van der Waals surface area contributed by atoms with E-state index in [4.69, 9.17) is 0 Å². The van der Waals surface area contributed by atoms with E-state index in [0.717, 1.165) is 36.9 Å². The van der Waals surface area contributed by atoms with Crippen LogP contribution in [0.2, 0.25) is 0 Å². The first kappa shape index (κ1) is 21.3. The Kier molecular flexibility index (Phi) is 6.59. The van der Waals surface area contributed by atoms with Crippen LogP contribution in [-0.2, 0) is 16.4 Å². The van der Waals surface area contributed by atoms with Crippen molar-refractivity contribution in [3.8, 4) is 0 Å². The van der Waals surface area contributed by atoms with Crippen LogP contribution in [0.5, 0.6) is 0 Å². The SMILES string of the molecule is CCc1ccccc1NC(=O)Nc1ccc(S(=O)(=O)N2C(C)CCCC2C)cc1. The number of benzene rings is 2. The molecular weight excluding hydrogens is 386 g/mol. The Balaban J connectivity index is 1.70. The Hall–Kier alpha value is -2.38. The number of hydrogen-bond donors (Lipinski definition) is 2. The highest BCUT2D eigenvalue weighted by atomic mass is 32.2. The van der Waals surface area contributed by atoms with Crippen LogP contribution in [0.1, 0.15) is 45.6 Å². The number of nitrogens with one attached hydrogen (secondary N) is 2. The number of aryl methyl sites for hydroxylation is 1. The van der Waals surface area contributed by atoms with Crippen LogP contribution in [0.3, 0.4) is 0 Å². The minimum Gasteiger partial charge on any atom is -0.308 e. The van der Waals surface area contributed by atoms with Crippen molar-refractivity contribution < 1.29 is 13.2 Å². The molecule has 2 unspecified atom stereocenters. The van der Waals surface area contributed by atoms with Crippen molar-refractivity contribution in [2.75, 3.05) is 10.6 Å². The van der Waals surface area contributed by atoms with E-state index in [1.807, 2.05) is 45.0 Å². The molecule has 0 aromatic heterocycles. The average molecular weight is 416 g/mol. The number of nitrogens with zero attached hydrogens (tertiary/aromatic N) is 1. The number of piperidine rings is 1. The van der Waals surface area contributed by atoms with E-state index >= 15 is 0 Å². The summed E-state index contributed by atoms with van der Waals surface area (Å²) in [5.41, 5.74) is 2.35. The maximum atomic E-state index is 13.1. The van der Waals surface area contributed by atoms with Crippen molar-refractivity contribution in [1.82, 2.24) is 4.31 Å². The summed E-state index contributed by atoms with van der Waals surface area (Å²) in [4.78, 5) is 12.6. The number of amides is 2. The van der Waals surface area contributed by atoms with Gasteiger partial charge in [-0.3, -0.25) is 0 Å². The number of para-hydroxylation sites is 1. The number of urea groups is 1. The minimum absolute atomic E-state index is 0.00837. The van der Waals surface area contributed by atoms with Crippen molar-refractivity contribution in [2.24, 2.45) is 0 Å². The monoisotopic (exact) mass is 415 g/mol. The fraction of sp³-hybridized carbons (Fsp3) is 0.409. The Morgan fingerprint density at radius 2 is 1.62 bits per heavy atom. The molecular formula is C22H29N3O3S. The molecule has 7 heteroatoms. The van der Waals surface area contributed by atoms with Gasteiger partial charge in [-0.2, -0.15) is 4.31 Å². The fourth-order valence-corrected chi connectivity index (χ4v) is 5.82. The molecule has 1 fully saturated rings. The summed E-state index contributed by atoms with van der Waals surface area (Å²) in [6.07, 6.45) is 3.62. The molecule has 0 aliphatic carbocycles. The van der Waals surface area contributed by atoms with Crippen LogP contribution in [0.15, 0.2) is 53.4 Å². The third-order valence-electron chi connectivity index (χ3n) is 5.45. The van der Waals surface area contributed by atoms with Crippen LogP contribution in [-0.4, -0.2) is 30.8 Å². The van der Waals surface area contributed by atoms with Crippen LogP contribution in [0, 0.1) is 0 Å². The van der Waals surface area contributed by atoms with Gasteiger partial charge in [-0.25, -0.2) is 13.2 Å². The van der Waals surface area contributed by atoms with E-state index in [-0.39, 0.29) is 23.0 Å². The van der Waals surface area contributed by atoms with E-state index in [1.165, 1.54) is 0 Å². The topological polar surface area (TPSA) is 78.5 Å². The Morgan fingerprint density at radius 1 is 1.00 bits per heavy atom. The zero-order valence-corrected chi connectivity index (χ0v) is 18.0. The van der Waals surface area contributed by atoms with Crippen LogP contribution in [0.4, 0.5) is 16.2 Å². The second-order valence-electron chi connectivity index (χ2n) is 7.58. The zero-order valence-electron chi connectivity index (χ0n) is 17.2. The summed E-state index contributed by atoms with van der Waals surface area (Å²) in [5.74, 6) is 0. The average Bonchev–Trinajstić information content (AvgIpc) is 2.68. The molecule has 1 aliphatic heterocycles. The lowest BCUT2D eigenvalue weighted by atomic mass is 10.0. The quantitative estimate of drug-likeness (QED) is 0.733. The molecule has 1 aliphatic rings. The first-order chi connectivity index (χ1) is 13.8. The third kappa shape index (κ3) is 4.79. The van der Waals surface area contributed by atoms with E-state index in [0.29, 0.717) is 5.69 Å². The Morgan fingerprint density at radius 3 is 2.24 bits per heavy atom. The van der Waals surface area contributed by atoms with Crippen molar-refractivity contribution >= 4 is 27.4 Å². The molecule has 2 atom stereocenters. The third-order valence-corrected chi connectivity index (χ3v) is 7.59. The summed E-state index contributed by atoms with van der Waals surface area (Å²) in [6.45, 7) is 5.95. The van der Waals surface area contributed by atoms with Gasteiger partial charge in [-0.1, -0.05) is 31.5 Å². The minimum atomic E-state index is -3.56. The highest BCUT2D eigenvalue weighted by Crippen LogP contribution is 2.30. The van der Waals surface area contributed by atoms with E-state index < -0.39 is 10.0 Å². The van der Waals surface area contributed by atoms with Crippen molar-refractivity contribution in [1.29, 1.82) is 0 Å². The van der Waals surface area contributed by atoms with Gasteiger partial charge >= 0.3 is 6.03 Å². The Labute approximate surface area is 173 Å². The maximum Gasteiger partial charge on any atom is 0.323 e. The van der Waals surface area contributed by atoms with E-state index in [2.05, 4.69) is 10.6 Å². The highest BCUT2D eigenvalue weighted by Gasteiger charge is 2.35. The Bertz CT molecular complexity index is 948. The molecule has 0 saturated carbocycles. The number of anilines is 2. The molecule has 156 valence electrons. The van der Waals surface area contributed by atoms with Crippen molar-refractivity contribution in [3.63, 3.8) is 0 Å². The molecule has 0 spiro atoms. The maximum absolute atomic E-state index is 13.1. The molecule has 2 aromatic carbocycles. The lowest BCUT2D eigenvalue weighted by Gasteiger charge is -2.37. The second-order valence-corrected chi connectivity index (χ2v) is 9.42. The number of rotatable bonds is 5. The first-order valence-electron chi connectivity index (χ1n) is 10.1. The summed E-state index contributed by atoms with van der Waals surface area (Å²) in [6, 6.07) is 13.6. The highest BCUT2D eigenvalue weighted by molar-refractivity contribution is 7.89. The second kappa shape index (κ2) is 8.97. The fourth-order valence-electron chi connectivity index (χ4n) is 3.94. The molecule has 0 radical (unpaired) electrons. The molecule has 1 saturated heterocycles. The van der Waals surface area contributed by atoms with Gasteiger partial charge in [0, 0.05) is 23.5 Å². The van der Waals surface area contributed by atoms with Crippen LogP contribution < -0.4 is 10.6 Å². The van der Waals surface area contributed by atoms with E-state index in [1.54, 1.807) is 28.6 Å². The van der Waals surface area contributed by atoms with Crippen molar-refractivity contribution in [3.05, 3.63) is 54.1 Å². The van der Waals surface area contributed by atoms with Crippen LogP contribution >= 0.6 is 0 Å². The number of hydrogen-bond acceptors (Lipinski definition) is 3. The predicted molar refractivity (Wildman–Crippen MR) is 117 cm³/mol. The number of sulfonamides is 1. The van der Waals surface area contributed by atoms with Gasteiger partial charge in [-0.15, -0.1) is 0 Å². The lowest BCUT2D eigenvalue weighted by Crippen LogP contribution is -2.47. The summed E-state index contributed by atoms with van der Waals surface area (Å²) < 4.78 is 27.8. The standard InChI is InChI=1S/C22H29N3O3S/c1-4-18-10-5-6-11-21(18)24-22(26)23-19-12-14-20(15-13-19)29(27,28)25-16(2)8-7-9-17(25)3/h5-6,10-17H,4,7-9H2,1-3H3,(H2,23,24,26). The molecule has 29 heavy (non-hydrogen) atoms. The van der Waals surface area contributed by atoms with Crippen LogP contribution in [0.25, 0.3) is 0 Å². The smallest absolute Gasteiger partial charge is 0.308 e.